The fourth-order valence-electron chi connectivity index (χ4n) is 0.209. The second kappa shape index (κ2) is 5.75. The van der Waals surface area contributed by atoms with E-state index in [9.17, 15) is 9.13 Å². The lowest BCUT2D eigenvalue weighted by Crippen LogP contribution is -2.08. The van der Waals surface area contributed by atoms with Crippen LogP contribution in [-0.4, -0.2) is 4.89 Å². The van der Waals surface area contributed by atoms with E-state index in [0.717, 1.165) is 0 Å². The molecular formula is H10N4O7P2. The molecule has 0 saturated heterocycles. The van der Waals surface area contributed by atoms with E-state index in [1.807, 2.05) is 0 Å². The lowest BCUT2D eigenvalue weighted by molar-refractivity contribution is 0.128. The van der Waals surface area contributed by atoms with E-state index in [1.54, 1.807) is 0 Å². The third-order valence-electron chi connectivity index (χ3n) is 0.595. The van der Waals surface area contributed by atoms with Crippen molar-refractivity contribution in [3.63, 3.8) is 0 Å². The Kier molecular flexibility index (Phi) is 6.89. The van der Waals surface area contributed by atoms with Gasteiger partial charge in [0.05, 0.1) is 0 Å². The van der Waals surface area contributed by atoms with E-state index < -0.39 is 15.6 Å². The standard InChI is InChI=1S/H7N3O7P2.H3N/c1-7-11(4,5)10-12(6,8-2)9-3;/h1-3H2,(H,4,5);1H3. The van der Waals surface area contributed by atoms with Gasteiger partial charge in [0.2, 0.25) is 0 Å². The molecule has 0 aromatic carbocycles. The van der Waals surface area contributed by atoms with Crippen molar-refractivity contribution in [1.82, 2.24) is 6.15 Å². The predicted octanol–water partition coefficient (Wildman–Crippen LogP) is -0.956. The van der Waals surface area contributed by atoms with Gasteiger partial charge >= 0.3 is 15.6 Å². The SMILES string of the molecule is N.NOP(=O)(O)OP(=O)(ON)ON. The predicted molar refractivity (Wildman–Crippen MR) is 39.4 cm³/mol. The second-order valence-electron chi connectivity index (χ2n) is 1.31. The van der Waals surface area contributed by atoms with E-state index in [2.05, 4.69) is 35.9 Å². The maximum absolute atomic E-state index is 10.7. The van der Waals surface area contributed by atoms with Gasteiger partial charge in [-0.05, 0) is 0 Å². The van der Waals surface area contributed by atoms with Crippen molar-refractivity contribution >= 4 is 15.6 Å². The smallest absolute Gasteiger partial charge is 0.344 e. The highest BCUT2D eigenvalue weighted by Crippen LogP contribution is 2.60. The highest BCUT2D eigenvalue weighted by Gasteiger charge is 2.37. The van der Waals surface area contributed by atoms with Crippen LogP contribution in [0.2, 0.25) is 0 Å². The molecule has 0 spiro atoms. The van der Waals surface area contributed by atoms with Crippen LogP contribution in [0.3, 0.4) is 0 Å². The van der Waals surface area contributed by atoms with Crippen LogP contribution in [0, 0.1) is 0 Å². The van der Waals surface area contributed by atoms with Gasteiger partial charge in [-0.3, -0.25) is 0 Å². The summed E-state index contributed by atoms with van der Waals surface area (Å²) in [6.07, 6.45) is 0. The molecule has 1 unspecified atom stereocenters. The summed E-state index contributed by atoms with van der Waals surface area (Å²) in [7, 11) is -9.21. The summed E-state index contributed by atoms with van der Waals surface area (Å²) in [6, 6.07) is 0. The van der Waals surface area contributed by atoms with E-state index in [4.69, 9.17) is 4.89 Å². The minimum Gasteiger partial charge on any atom is -0.344 e. The van der Waals surface area contributed by atoms with Gasteiger partial charge in [-0.25, -0.2) is 31.4 Å². The maximum atomic E-state index is 10.7. The third kappa shape index (κ3) is 5.41. The molecule has 0 aliphatic heterocycles. The van der Waals surface area contributed by atoms with Gasteiger partial charge in [0, 0.05) is 0 Å². The molecule has 1 atom stereocenters. The molecule has 0 aromatic rings. The monoisotopic (exact) mass is 240 g/mol. The molecule has 0 aliphatic carbocycles. The summed E-state index contributed by atoms with van der Waals surface area (Å²) in [5, 5.41) is 0. The van der Waals surface area contributed by atoms with Gasteiger partial charge in [-0.1, -0.05) is 0 Å². The van der Waals surface area contributed by atoms with Crippen LogP contribution in [0.4, 0.5) is 0 Å². The largest absolute Gasteiger partial charge is 0.516 e. The Hall–Kier alpha value is 0.1000. The zero-order valence-corrected chi connectivity index (χ0v) is 8.02. The number of phosphoric acid groups is 2. The normalized spacial score (nSPS) is 16.0. The first-order valence-corrected chi connectivity index (χ1v) is 5.14. The Balaban J connectivity index is 0. The summed E-state index contributed by atoms with van der Waals surface area (Å²) in [5.74, 6) is 13.0. The molecule has 82 valence electrons. The van der Waals surface area contributed by atoms with Crippen molar-refractivity contribution in [1.29, 1.82) is 0 Å². The van der Waals surface area contributed by atoms with Crippen LogP contribution < -0.4 is 23.8 Å². The average molecular weight is 240 g/mol. The summed E-state index contributed by atoms with van der Waals surface area (Å²) in [6.45, 7) is 0. The highest BCUT2D eigenvalue weighted by atomic mass is 31.3. The van der Waals surface area contributed by atoms with Gasteiger partial charge in [-0.2, -0.15) is 13.6 Å². The number of nitrogens with two attached hydrogens (primary N) is 3. The lowest BCUT2D eigenvalue weighted by Gasteiger charge is -2.13. The zero-order chi connectivity index (χ0) is 9.83. The van der Waals surface area contributed by atoms with Gasteiger partial charge in [0.1, 0.15) is 0 Å². The lowest BCUT2D eigenvalue weighted by atomic mass is 13.6. The molecule has 0 amide bonds. The molecule has 0 bridgehead atoms. The van der Waals surface area contributed by atoms with Crippen molar-refractivity contribution in [3.05, 3.63) is 0 Å². The number of rotatable bonds is 5. The molecule has 0 saturated carbocycles. The Bertz CT molecular complexity index is 219. The average Bonchev–Trinajstić information content (AvgIpc) is 2.04. The van der Waals surface area contributed by atoms with E-state index in [1.165, 1.54) is 0 Å². The molecule has 0 fully saturated rings. The van der Waals surface area contributed by atoms with Crippen molar-refractivity contribution in [2.75, 3.05) is 0 Å². The van der Waals surface area contributed by atoms with Crippen molar-refractivity contribution in [2.24, 2.45) is 17.7 Å². The fourth-order valence-corrected chi connectivity index (χ4v) is 1.73. The number of hydrogen-bond donors (Lipinski definition) is 5. The van der Waals surface area contributed by atoms with Crippen LogP contribution in [0.1, 0.15) is 0 Å². The molecule has 11 nitrogen and oxygen atoms in total. The van der Waals surface area contributed by atoms with E-state index >= 15 is 0 Å². The molecule has 0 aliphatic rings. The Morgan fingerprint density at radius 3 is 1.62 bits per heavy atom. The molecule has 13 heteroatoms. The second-order valence-corrected chi connectivity index (χ2v) is 4.43. The first-order chi connectivity index (χ1) is 5.39. The van der Waals surface area contributed by atoms with Crippen molar-refractivity contribution < 1.29 is 32.2 Å². The number of hydrogen-bond acceptors (Lipinski definition) is 10. The Labute approximate surface area is 72.7 Å². The Morgan fingerprint density at radius 2 is 1.38 bits per heavy atom. The maximum Gasteiger partial charge on any atom is 0.516 e. The molecule has 0 rings (SSSR count). The van der Waals surface area contributed by atoms with Gasteiger partial charge < -0.3 is 11.0 Å². The topological polar surface area (TPSA) is 204 Å². The van der Waals surface area contributed by atoms with Crippen LogP contribution in [0.25, 0.3) is 0 Å². The van der Waals surface area contributed by atoms with E-state index in [0.29, 0.717) is 0 Å². The summed E-state index contributed by atoms with van der Waals surface area (Å²) in [4.78, 5) is 8.46. The fraction of sp³-hybridized carbons (Fsp3) is 0. The first kappa shape index (κ1) is 15.6. The molecule has 0 aromatic heterocycles. The molecular weight excluding hydrogens is 230 g/mol. The Morgan fingerprint density at radius 1 is 1.00 bits per heavy atom. The minimum absolute atomic E-state index is 0. The quantitative estimate of drug-likeness (QED) is 0.292. The van der Waals surface area contributed by atoms with Gasteiger partial charge in [0.15, 0.2) is 0 Å². The van der Waals surface area contributed by atoms with Crippen molar-refractivity contribution in [3.8, 4) is 0 Å². The highest BCUT2D eigenvalue weighted by molar-refractivity contribution is 7.61. The summed E-state index contributed by atoms with van der Waals surface area (Å²) >= 11 is 0. The third-order valence-corrected chi connectivity index (χ3v) is 3.00. The van der Waals surface area contributed by atoms with Crippen LogP contribution in [-0.2, 0) is 27.3 Å². The van der Waals surface area contributed by atoms with Crippen LogP contribution in [0.15, 0.2) is 0 Å². The van der Waals surface area contributed by atoms with Crippen LogP contribution in [0.5, 0.6) is 0 Å². The minimum atomic E-state index is -4.72. The van der Waals surface area contributed by atoms with E-state index in [-0.39, 0.29) is 6.15 Å². The van der Waals surface area contributed by atoms with Crippen LogP contribution >= 0.6 is 15.6 Å². The molecule has 0 radical (unpaired) electrons. The summed E-state index contributed by atoms with van der Waals surface area (Å²) in [5.41, 5.74) is 0. The van der Waals surface area contributed by atoms with Crippen molar-refractivity contribution in [2.45, 2.75) is 0 Å². The van der Waals surface area contributed by atoms with Gasteiger partial charge in [0.25, 0.3) is 0 Å². The molecule has 0 heterocycles. The van der Waals surface area contributed by atoms with Gasteiger partial charge in [-0.15, -0.1) is 0 Å². The zero-order valence-electron chi connectivity index (χ0n) is 6.23. The molecule has 10 N–H and O–H groups in total. The molecule has 13 heavy (non-hydrogen) atoms. The summed E-state index contributed by atoms with van der Waals surface area (Å²) < 4.78 is 35.4. The first-order valence-electron chi connectivity index (χ1n) is 2.19.